The number of carbonyl (C=O) groups is 2. The molecule has 0 aromatic heterocycles. The second kappa shape index (κ2) is 10.9. The number of nitrogens with zero attached hydrogens (tertiary/aromatic N) is 2. The Hall–Kier alpha value is -3.48. The SMILES string of the molecule is CCOC(=O)C1CCCN(C(=O)/C=C/c2cc[c]c([N+](=O)[O-])c2-c2ccccc2C(C)C)C1. The van der Waals surface area contributed by atoms with Gasteiger partial charge in [0, 0.05) is 19.2 Å². The molecule has 0 N–H and O–H groups in total. The lowest BCUT2D eigenvalue weighted by molar-refractivity contribution is -0.384. The van der Waals surface area contributed by atoms with Crippen molar-refractivity contribution in [2.75, 3.05) is 19.7 Å². The summed E-state index contributed by atoms with van der Waals surface area (Å²) < 4.78 is 5.11. The van der Waals surface area contributed by atoms with E-state index in [0.29, 0.717) is 37.2 Å². The van der Waals surface area contributed by atoms with Crippen LogP contribution in [0.15, 0.2) is 42.5 Å². The molecule has 1 aliphatic heterocycles. The van der Waals surface area contributed by atoms with Gasteiger partial charge in [-0.1, -0.05) is 44.2 Å². The molecule has 1 fully saturated rings. The Labute approximate surface area is 194 Å². The van der Waals surface area contributed by atoms with E-state index < -0.39 is 4.92 Å². The minimum Gasteiger partial charge on any atom is -0.466 e. The molecule has 2 aromatic carbocycles. The predicted octanol–water partition coefficient (Wildman–Crippen LogP) is 5.00. The Balaban J connectivity index is 1.93. The van der Waals surface area contributed by atoms with E-state index in [-0.39, 0.29) is 29.4 Å². The average Bonchev–Trinajstić information content (AvgIpc) is 2.82. The first kappa shape index (κ1) is 24.2. The fraction of sp³-hybridized carbons (Fsp3) is 0.385. The molecule has 7 heteroatoms. The lowest BCUT2D eigenvalue weighted by Gasteiger charge is -2.30. The number of hydrogen-bond acceptors (Lipinski definition) is 5. The molecule has 1 amide bonds. The number of ether oxygens (including phenoxy) is 1. The zero-order valence-electron chi connectivity index (χ0n) is 19.2. The van der Waals surface area contributed by atoms with E-state index >= 15 is 0 Å². The smallest absolute Gasteiger partial charge is 0.310 e. The Bertz CT molecular complexity index is 1060. The van der Waals surface area contributed by atoms with Gasteiger partial charge >= 0.3 is 5.97 Å². The molecule has 1 atom stereocenters. The van der Waals surface area contributed by atoms with Gasteiger partial charge in [0.15, 0.2) is 0 Å². The maximum atomic E-state index is 12.9. The fourth-order valence-electron chi connectivity index (χ4n) is 4.19. The maximum absolute atomic E-state index is 12.9. The molecule has 1 unspecified atom stereocenters. The number of likely N-dealkylation sites (tertiary alicyclic amines) is 1. The van der Waals surface area contributed by atoms with Crippen LogP contribution < -0.4 is 0 Å². The average molecular weight is 450 g/mol. The highest BCUT2D eigenvalue weighted by molar-refractivity contribution is 5.95. The number of carbonyl (C=O) groups excluding carboxylic acids is 2. The third-order valence-corrected chi connectivity index (χ3v) is 5.80. The van der Waals surface area contributed by atoms with E-state index in [9.17, 15) is 19.7 Å². The van der Waals surface area contributed by atoms with Crippen LogP contribution in [-0.2, 0) is 14.3 Å². The predicted molar refractivity (Wildman–Crippen MR) is 126 cm³/mol. The summed E-state index contributed by atoms with van der Waals surface area (Å²) in [6.07, 6.45) is 4.46. The van der Waals surface area contributed by atoms with Crippen LogP contribution in [0.25, 0.3) is 17.2 Å². The first-order valence-corrected chi connectivity index (χ1v) is 11.3. The summed E-state index contributed by atoms with van der Waals surface area (Å²) in [5.74, 6) is -0.673. The van der Waals surface area contributed by atoms with Crippen LogP contribution in [0.5, 0.6) is 0 Å². The number of benzene rings is 2. The summed E-state index contributed by atoms with van der Waals surface area (Å²) in [5, 5.41) is 11.8. The van der Waals surface area contributed by atoms with Crippen LogP contribution in [0.1, 0.15) is 50.7 Å². The van der Waals surface area contributed by atoms with Gasteiger partial charge in [-0.3, -0.25) is 19.7 Å². The van der Waals surface area contributed by atoms with Crippen molar-refractivity contribution in [2.24, 2.45) is 5.92 Å². The van der Waals surface area contributed by atoms with E-state index in [1.54, 1.807) is 24.0 Å². The minimum atomic E-state index is -0.444. The molecule has 173 valence electrons. The van der Waals surface area contributed by atoms with Crippen molar-refractivity contribution in [1.82, 2.24) is 4.90 Å². The largest absolute Gasteiger partial charge is 0.466 e. The van der Waals surface area contributed by atoms with Crippen LogP contribution in [0, 0.1) is 22.1 Å². The molecule has 33 heavy (non-hydrogen) atoms. The van der Waals surface area contributed by atoms with Crippen molar-refractivity contribution in [2.45, 2.75) is 39.5 Å². The van der Waals surface area contributed by atoms with Crippen molar-refractivity contribution in [3.05, 3.63) is 69.8 Å². The topological polar surface area (TPSA) is 89.8 Å². The van der Waals surface area contributed by atoms with Crippen LogP contribution in [0.4, 0.5) is 5.69 Å². The van der Waals surface area contributed by atoms with E-state index in [1.165, 1.54) is 12.1 Å². The van der Waals surface area contributed by atoms with Gasteiger partial charge < -0.3 is 9.64 Å². The normalized spacial score (nSPS) is 16.2. The second-order valence-electron chi connectivity index (χ2n) is 8.36. The molecule has 3 rings (SSSR count). The molecule has 0 aliphatic carbocycles. The van der Waals surface area contributed by atoms with Gasteiger partial charge in [-0.15, -0.1) is 0 Å². The van der Waals surface area contributed by atoms with Crippen molar-refractivity contribution >= 4 is 23.6 Å². The molecule has 2 aromatic rings. The van der Waals surface area contributed by atoms with E-state index in [4.69, 9.17) is 4.74 Å². The zero-order chi connectivity index (χ0) is 24.0. The highest BCUT2D eigenvalue weighted by Crippen LogP contribution is 2.38. The number of amides is 1. The maximum Gasteiger partial charge on any atom is 0.310 e. The van der Waals surface area contributed by atoms with Crippen LogP contribution >= 0.6 is 0 Å². The number of nitro groups is 1. The minimum absolute atomic E-state index is 0.127. The molecule has 0 bridgehead atoms. The van der Waals surface area contributed by atoms with Gasteiger partial charge in [-0.05, 0) is 54.5 Å². The Morgan fingerprint density at radius 2 is 2.06 bits per heavy atom. The molecule has 1 radical (unpaired) electrons. The summed E-state index contributed by atoms with van der Waals surface area (Å²) in [7, 11) is 0. The number of rotatable bonds is 7. The molecule has 1 saturated heterocycles. The van der Waals surface area contributed by atoms with Gasteiger partial charge in [-0.25, -0.2) is 0 Å². The highest BCUT2D eigenvalue weighted by atomic mass is 16.6. The van der Waals surface area contributed by atoms with Crippen LogP contribution in [0.3, 0.4) is 0 Å². The number of hydrogen-bond donors (Lipinski definition) is 0. The first-order chi connectivity index (χ1) is 15.8. The van der Waals surface area contributed by atoms with E-state index in [1.807, 2.05) is 38.1 Å². The zero-order valence-corrected chi connectivity index (χ0v) is 19.2. The Morgan fingerprint density at radius 1 is 1.30 bits per heavy atom. The second-order valence-corrected chi connectivity index (χ2v) is 8.36. The standard InChI is InChI=1S/C26H29N2O5/c1-4-33-26(30)20-10-8-16-27(17-20)24(29)15-14-19-9-7-13-23(28(31)32)25(19)22-12-6-5-11-21(22)18(2)3/h5-7,9,11-12,14-15,18,20H,4,8,10,16-17H2,1-3H3/b15-14+. The quantitative estimate of drug-likeness (QED) is 0.257. The summed E-state index contributed by atoms with van der Waals surface area (Å²) in [6, 6.07) is 13.5. The third-order valence-electron chi connectivity index (χ3n) is 5.80. The van der Waals surface area contributed by atoms with Gasteiger partial charge in [0.2, 0.25) is 5.91 Å². The third kappa shape index (κ3) is 5.66. The van der Waals surface area contributed by atoms with E-state index in [0.717, 1.165) is 17.5 Å². The van der Waals surface area contributed by atoms with Gasteiger partial charge in [0.1, 0.15) is 0 Å². The summed E-state index contributed by atoms with van der Waals surface area (Å²) >= 11 is 0. The first-order valence-electron chi connectivity index (χ1n) is 11.3. The van der Waals surface area contributed by atoms with Crippen LogP contribution in [0.2, 0.25) is 0 Å². The van der Waals surface area contributed by atoms with E-state index in [2.05, 4.69) is 6.07 Å². The van der Waals surface area contributed by atoms with Crippen molar-refractivity contribution < 1.29 is 19.2 Å². The van der Waals surface area contributed by atoms with Gasteiger partial charge in [-0.2, -0.15) is 0 Å². The molecule has 0 saturated carbocycles. The van der Waals surface area contributed by atoms with Crippen molar-refractivity contribution in [1.29, 1.82) is 0 Å². The van der Waals surface area contributed by atoms with Gasteiger partial charge in [0.05, 0.1) is 29.1 Å². The molecular formula is C26H29N2O5. The summed E-state index contributed by atoms with van der Waals surface area (Å²) in [6.45, 7) is 7.02. The fourth-order valence-corrected chi connectivity index (χ4v) is 4.19. The Morgan fingerprint density at radius 3 is 2.76 bits per heavy atom. The summed E-state index contributed by atoms with van der Waals surface area (Å²) in [4.78, 5) is 38.0. The van der Waals surface area contributed by atoms with Gasteiger partial charge in [0.25, 0.3) is 5.69 Å². The number of esters is 1. The molecule has 1 aliphatic rings. The van der Waals surface area contributed by atoms with Crippen LogP contribution in [-0.4, -0.2) is 41.4 Å². The lowest BCUT2D eigenvalue weighted by atomic mass is 9.89. The monoisotopic (exact) mass is 449 g/mol. The summed E-state index contributed by atoms with van der Waals surface area (Å²) in [5.41, 5.74) is 2.62. The molecule has 0 spiro atoms. The number of piperidine rings is 1. The lowest BCUT2D eigenvalue weighted by Crippen LogP contribution is -2.42. The highest BCUT2D eigenvalue weighted by Gasteiger charge is 2.28. The molecule has 7 nitrogen and oxygen atoms in total. The Kier molecular flexibility index (Phi) is 7.98. The van der Waals surface area contributed by atoms with Crippen molar-refractivity contribution in [3.63, 3.8) is 0 Å². The molecular weight excluding hydrogens is 420 g/mol. The number of nitro benzene ring substituents is 1. The molecule has 1 heterocycles. The van der Waals surface area contributed by atoms with Crippen molar-refractivity contribution in [3.8, 4) is 11.1 Å².